The van der Waals surface area contributed by atoms with Gasteiger partial charge in [-0.25, -0.2) is 4.79 Å². The lowest BCUT2D eigenvalue weighted by atomic mass is 10.2. The molecule has 0 atom stereocenters. The van der Waals surface area contributed by atoms with E-state index in [1.165, 1.54) is 6.21 Å². The maximum absolute atomic E-state index is 10.3. The van der Waals surface area contributed by atoms with Gasteiger partial charge < -0.3 is 15.7 Å². The first-order chi connectivity index (χ1) is 7.13. The fourth-order valence-corrected chi connectivity index (χ4v) is 1.15. The van der Waals surface area contributed by atoms with Crippen molar-refractivity contribution in [1.82, 2.24) is 0 Å². The number of rotatable bonds is 4. The lowest BCUT2D eigenvalue weighted by Crippen LogP contribution is -2.10. The number of nitrogens with zero attached hydrogens (tertiary/aromatic N) is 1. The van der Waals surface area contributed by atoms with E-state index in [4.69, 9.17) is 27.3 Å². The van der Waals surface area contributed by atoms with Crippen LogP contribution in [0.4, 0.5) is 0 Å². The predicted molar refractivity (Wildman–Crippen MR) is 56.4 cm³/mol. The number of hydrogen-bond acceptors (Lipinski definition) is 4. The third-order valence-electron chi connectivity index (χ3n) is 1.54. The number of benzene rings is 1. The summed E-state index contributed by atoms with van der Waals surface area (Å²) in [6.07, 6.45) is 1.34. The average molecular weight is 229 g/mol. The number of hydrazone groups is 1. The van der Waals surface area contributed by atoms with Gasteiger partial charge >= 0.3 is 5.97 Å². The Morgan fingerprint density at radius 2 is 2.40 bits per heavy atom. The Hall–Kier alpha value is -1.75. The van der Waals surface area contributed by atoms with Crippen LogP contribution in [0.5, 0.6) is 5.75 Å². The Morgan fingerprint density at radius 1 is 1.67 bits per heavy atom. The monoisotopic (exact) mass is 228 g/mol. The number of hydrogen-bond donors (Lipinski definition) is 2. The molecule has 0 amide bonds. The lowest BCUT2D eigenvalue weighted by molar-refractivity contribution is -0.139. The molecule has 0 aromatic heterocycles. The van der Waals surface area contributed by atoms with E-state index < -0.39 is 12.6 Å². The van der Waals surface area contributed by atoms with Gasteiger partial charge in [-0.3, -0.25) is 0 Å². The zero-order chi connectivity index (χ0) is 11.3. The largest absolute Gasteiger partial charge is 0.481 e. The van der Waals surface area contributed by atoms with Crippen molar-refractivity contribution < 1.29 is 14.6 Å². The smallest absolute Gasteiger partial charge is 0.341 e. The molecule has 0 aliphatic carbocycles. The molecule has 1 aromatic rings. The minimum atomic E-state index is -1.06. The topological polar surface area (TPSA) is 84.9 Å². The molecule has 1 aromatic carbocycles. The summed E-state index contributed by atoms with van der Waals surface area (Å²) in [6.45, 7) is -0.424. The third-order valence-corrected chi connectivity index (χ3v) is 1.77. The normalized spacial score (nSPS) is 10.5. The van der Waals surface area contributed by atoms with E-state index >= 15 is 0 Å². The maximum Gasteiger partial charge on any atom is 0.341 e. The van der Waals surface area contributed by atoms with E-state index in [2.05, 4.69) is 5.10 Å². The summed E-state index contributed by atoms with van der Waals surface area (Å²) in [4.78, 5) is 10.3. The van der Waals surface area contributed by atoms with Crippen molar-refractivity contribution in [3.63, 3.8) is 0 Å². The van der Waals surface area contributed by atoms with Crippen LogP contribution >= 0.6 is 11.6 Å². The molecule has 0 unspecified atom stereocenters. The summed E-state index contributed by atoms with van der Waals surface area (Å²) in [5.74, 6) is 4.31. The summed E-state index contributed by atoms with van der Waals surface area (Å²) >= 11 is 5.74. The summed E-state index contributed by atoms with van der Waals surface area (Å²) in [6, 6.07) is 4.73. The Morgan fingerprint density at radius 3 is 3.00 bits per heavy atom. The summed E-state index contributed by atoms with van der Waals surface area (Å²) in [5.41, 5.74) is 0.534. The van der Waals surface area contributed by atoms with Crippen molar-refractivity contribution in [3.8, 4) is 5.75 Å². The molecule has 80 valence electrons. The van der Waals surface area contributed by atoms with Crippen LogP contribution in [-0.4, -0.2) is 23.9 Å². The molecule has 0 aliphatic rings. The van der Waals surface area contributed by atoms with Crippen LogP contribution in [0.25, 0.3) is 0 Å². The SMILES string of the molecule is NN=Cc1cc(Cl)ccc1OCC(=O)O. The molecule has 5 nitrogen and oxygen atoms in total. The first-order valence-electron chi connectivity index (χ1n) is 4.01. The molecule has 0 saturated heterocycles. The van der Waals surface area contributed by atoms with E-state index in [-0.39, 0.29) is 0 Å². The van der Waals surface area contributed by atoms with Crippen LogP contribution in [0.1, 0.15) is 5.56 Å². The lowest BCUT2D eigenvalue weighted by Gasteiger charge is -2.06. The quantitative estimate of drug-likeness (QED) is 0.459. The van der Waals surface area contributed by atoms with Gasteiger partial charge in [0.05, 0.1) is 6.21 Å². The van der Waals surface area contributed by atoms with E-state index in [9.17, 15) is 4.79 Å². The number of carboxylic acids is 1. The second-order valence-corrected chi connectivity index (χ2v) is 3.08. The highest BCUT2D eigenvalue weighted by molar-refractivity contribution is 6.30. The highest BCUT2D eigenvalue weighted by Gasteiger charge is 2.05. The van der Waals surface area contributed by atoms with Gasteiger partial charge in [-0.1, -0.05) is 11.6 Å². The van der Waals surface area contributed by atoms with Gasteiger partial charge in [0, 0.05) is 10.6 Å². The zero-order valence-electron chi connectivity index (χ0n) is 7.68. The van der Waals surface area contributed by atoms with E-state index in [0.717, 1.165) is 0 Å². The molecule has 1 rings (SSSR count). The highest BCUT2D eigenvalue weighted by Crippen LogP contribution is 2.21. The fraction of sp³-hybridized carbons (Fsp3) is 0.111. The molecule has 0 spiro atoms. The second kappa shape index (κ2) is 5.21. The second-order valence-electron chi connectivity index (χ2n) is 2.64. The van der Waals surface area contributed by atoms with Crippen LogP contribution in [0.15, 0.2) is 23.3 Å². The number of ether oxygens (including phenoxy) is 1. The summed E-state index contributed by atoms with van der Waals surface area (Å²) in [7, 11) is 0. The summed E-state index contributed by atoms with van der Waals surface area (Å²) < 4.78 is 5.00. The van der Waals surface area contributed by atoms with E-state index in [0.29, 0.717) is 16.3 Å². The first kappa shape index (κ1) is 11.3. The Balaban J connectivity index is 2.90. The molecule has 3 N–H and O–H groups in total. The molecule has 0 heterocycles. The average Bonchev–Trinajstić information content (AvgIpc) is 2.17. The van der Waals surface area contributed by atoms with Crippen LogP contribution in [0, 0.1) is 0 Å². The van der Waals surface area contributed by atoms with Crippen molar-refractivity contribution in [2.45, 2.75) is 0 Å². The van der Waals surface area contributed by atoms with Crippen molar-refractivity contribution in [1.29, 1.82) is 0 Å². The van der Waals surface area contributed by atoms with Crippen molar-refractivity contribution >= 4 is 23.8 Å². The standard InChI is InChI=1S/C9H9ClN2O3/c10-7-1-2-8(15-5-9(13)14)6(3-7)4-12-11/h1-4H,5,11H2,(H,13,14). The van der Waals surface area contributed by atoms with Gasteiger partial charge in [0.25, 0.3) is 0 Å². The Kier molecular flexibility index (Phi) is 3.93. The van der Waals surface area contributed by atoms with Crippen molar-refractivity contribution in [2.24, 2.45) is 10.9 Å². The van der Waals surface area contributed by atoms with Gasteiger partial charge in [-0.15, -0.1) is 0 Å². The highest BCUT2D eigenvalue weighted by atomic mass is 35.5. The minimum absolute atomic E-state index is 0.371. The fourth-order valence-electron chi connectivity index (χ4n) is 0.971. The van der Waals surface area contributed by atoms with Gasteiger partial charge in [0.15, 0.2) is 6.61 Å². The predicted octanol–water partition coefficient (Wildman–Crippen LogP) is 1.10. The molecular weight excluding hydrogens is 220 g/mol. The molecule has 6 heteroatoms. The molecule has 0 saturated carbocycles. The number of nitrogens with two attached hydrogens (primary N) is 1. The van der Waals surface area contributed by atoms with Crippen LogP contribution in [-0.2, 0) is 4.79 Å². The van der Waals surface area contributed by atoms with Crippen molar-refractivity contribution in [2.75, 3.05) is 6.61 Å². The number of carbonyl (C=O) groups is 1. The first-order valence-corrected chi connectivity index (χ1v) is 4.38. The minimum Gasteiger partial charge on any atom is -0.481 e. The van der Waals surface area contributed by atoms with Gasteiger partial charge in [0.1, 0.15) is 5.75 Å². The maximum atomic E-state index is 10.3. The van der Waals surface area contributed by atoms with E-state index in [1.807, 2.05) is 0 Å². The number of halogens is 1. The number of carboxylic acid groups (broad SMARTS) is 1. The number of aliphatic carboxylic acids is 1. The summed E-state index contributed by atoms with van der Waals surface area (Å²) in [5, 5.41) is 12.3. The molecule has 0 aliphatic heterocycles. The molecule has 15 heavy (non-hydrogen) atoms. The van der Waals surface area contributed by atoms with Crippen LogP contribution in [0.3, 0.4) is 0 Å². The van der Waals surface area contributed by atoms with E-state index in [1.54, 1.807) is 18.2 Å². The zero-order valence-corrected chi connectivity index (χ0v) is 8.44. The Labute approximate surface area is 91.1 Å². The van der Waals surface area contributed by atoms with Gasteiger partial charge in [-0.2, -0.15) is 5.10 Å². The molecule has 0 fully saturated rings. The Bertz CT molecular complexity index is 393. The van der Waals surface area contributed by atoms with Gasteiger partial charge in [-0.05, 0) is 18.2 Å². The molecular formula is C9H9ClN2O3. The molecule has 0 bridgehead atoms. The van der Waals surface area contributed by atoms with Crippen LogP contribution < -0.4 is 10.6 Å². The molecule has 0 radical (unpaired) electrons. The third kappa shape index (κ3) is 3.47. The van der Waals surface area contributed by atoms with Crippen molar-refractivity contribution in [3.05, 3.63) is 28.8 Å². The van der Waals surface area contributed by atoms with Crippen LogP contribution in [0.2, 0.25) is 5.02 Å². The van der Waals surface area contributed by atoms with Gasteiger partial charge in [0.2, 0.25) is 0 Å².